The molecule has 5 rings (SSSR count). The predicted molar refractivity (Wildman–Crippen MR) is 114 cm³/mol. The van der Waals surface area contributed by atoms with Gasteiger partial charge in [0.2, 0.25) is 0 Å². The molecule has 0 radical (unpaired) electrons. The summed E-state index contributed by atoms with van der Waals surface area (Å²) in [5.41, 5.74) is 5.15. The fourth-order valence-corrected chi connectivity index (χ4v) is 4.97. The third kappa shape index (κ3) is 3.24. The van der Waals surface area contributed by atoms with E-state index in [1.54, 1.807) is 24.3 Å². The zero-order valence-electron chi connectivity index (χ0n) is 15.3. The average Bonchev–Trinajstić information content (AvgIpc) is 3.34. The van der Waals surface area contributed by atoms with Gasteiger partial charge in [-0.05, 0) is 48.9 Å². The summed E-state index contributed by atoms with van der Waals surface area (Å²) in [7, 11) is -3.78. The van der Waals surface area contributed by atoms with E-state index in [9.17, 15) is 8.42 Å². The Bertz CT molecular complexity index is 1450. The van der Waals surface area contributed by atoms with Crippen molar-refractivity contribution < 1.29 is 8.42 Å². The fourth-order valence-electron chi connectivity index (χ4n) is 3.14. The van der Waals surface area contributed by atoms with Crippen molar-refractivity contribution in [2.24, 2.45) is 0 Å². The Kier molecular flexibility index (Phi) is 4.07. The summed E-state index contributed by atoms with van der Waals surface area (Å²) in [5, 5.41) is 0. The fraction of sp³-hybridized carbons (Fsp3) is 0.0500. The molecular formula is C20H15N5O2S2. The van der Waals surface area contributed by atoms with Crippen LogP contribution in [0.25, 0.3) is 27.9 Å². The maximum absolute atomic E-state index is 12.8. The number of aryl methyl sites for hydroxylation is 1. The molecule has 0 aliphatic heterocycles. The van der Waals surface area contributed by atoms with Gasteiger partial charge in [0.1, 0.15) is 21.6 Å². The van der Waals surface area contributed by atoms with Gasteiger partial charge in [0.15, 0.2) is 0 Å². The summed E-state index contributed by atoms with van der Waals surface area (Å²) in [6.45, 7) is 2.03. The molecule has 0 spiro atoms. The lowest BCUT2D eigenvalue weighted by molar-refractivity contribution is 0.602. The predicted octanol–water partition coefficient (Wildman–Crippen LogP) is 4.12. The van der Waals surface area contributed by atoms with Crippen molar-refractivity contribution in [1.82, 2.24) is 18.1 Å². The van der Waals surface area contributed by atoms with Crippen molar-refractivity contribution in [2.45, 2.75) is 11.8 Å². The van der Waals surface area contributed by atoms with Gasteiger partial charge < -0.3 is 4.40 Å². The van der Waals surface area contributed by atoms with Crippen molar-refractivity contribution in [3.63, 3.8) is 0 Å². The lowest BCUT2D eigenvalue weighted by Crippen LogP contribution is -2.13. The van der Waals surface area contributed by atoms with E-state index in [2.05, 4.69) is 18.5 Å². The Labute approximate surface area is 171 Å². The summed E-state index contributed by atoms with van der Waals surface area (Å²) in [6, 6.07) is 16.1. The topological polar surface area (TPSA) is 89.2 Å². The summed E-state index contributed by atoms with van der Waals surface area (Å²) >= 11 is 0.990. The van der Waals surface area contributed by atoms with Crippen LogP contribution in [0.1, 0.15) is 5.56 Å². The molecule has 3 heterocycles. The molecule has 0 unspecified atom stereocenters. The van der Waals surface area contributed by atoms with Crippen molar-refractivity contribution in [2.75, 3.05) is 4.72 Å². The van der Waals surface area contributed by atoms with Crippen LogP contribution in [0.4, 0.5) is 5.69 Å². The van der Waals surface area contributed by atoms with Crippen LogP contribution in [0.15, 0.2) is 71.9 Å². The Balaban J connectivity index is 1.44. The van der Waals surface area contributed by atoms with Crippen LogP contribution >= 0.6 is 11.7 Å². The first-order chi connectivity index (χ1) is 14.0. The van der Waals surface area contributed by atoms with E-state index >= 15 is 0 Å². The molecule has 0 amide bonds. The number of nitrogens with zero attached hydrogens (tertiary/aromatic N) is 4. The smallest absolute Gasteiger partial charge is 0.264 e. The van der Waals surface area contributed by atoms with Crippen LogP contribution < -0.4 is 4.72 Å². The van der Waals surface area contributed by atoms with E-state index in [1.807, 2.05) is 48.0 Å². The van der Waals surface area contributed by atoms with Gasteiger partial charge in [-0.2, -0.15) is 8.75 Å². The van der Waals surface area contributed by atoms with Gasteiger partial charge in [-0.3, -0.25) is 4.72 Å². The van der Waals surface area contributed by atoms with E-state index in [1.165, 1.54) is 6.07 Å². The van der Waals surface area contributed by atoms with E-state index < -0.39 is 10.0 Å². The Morgan fingerprint density at radius 3 is 2.69 bits per heavy atom. The molecule has 9 heteroatoms. The van der Waals surface area contributed by atoms with Crippen molar-refractivity contribution in [3.8, 4) is 11.3 Å². The molecule has 29 heavy (non-hydrogen) atoms. The van der Waals surface area contributed by atoms with Crippen LogP contribution in [0.2, 0.25) is 0 Å². The standard InChI is InChI=1S/C20H15N5O2S2/c1-13-9-10-25-12-17(21-19(25)11-13)14-5-7-15(8-6-14)24-29(26,27)18-4-2-3-16-20(18)23-28-22-16/h2-12,24H,1H3. The Hall–Kier alpha value is -3.30. The first-order valence-corrected chi connectivity index (χ1v) is 11.0. The number of pyridine rings is 1. The highest BCUT2D eigenvalue weighted by molar-refractivity contribution is 7.93. The van der Waals surface area contributed by atoms with Crippen LogP contribution in [-0.2, 0) is 10.0 Å². The maximum Gasteiger partial charge on any atom is 0.264 e. The third-order valence-electron chi connectivity index (χ3n) is 4.59. The number of benzene rings is 2. The molecule has 3 aromatic heterocycles. The number of rotatable bonds is 4. The van der Waals surface area contributed by atoms with Crippen molar-refractivity contribution in [3.05, 3.63) is 72.6 Å². The molecule has 5 aromatic rings. The molecule has 0 fully saturated rings. The Morgan fingerprint density at radius 1 is 1.03 bits per heavy atom. The molecule has 0 bridgehead atoms. The summed E-state index contributed by atoms with van der Waals surface area (Å²) in [4.78, 5) is 4.75. The zero-order valence-corrected chi connectivity index (χ0v) is 16.9. The highest BCUT2D eigenvalue weighted by Crippen LogP contribution is 2.26. The third-order valence-corrected chi connectivity index (χ3v) is 6.54. The second-order valence-corrected chi connectivity index (χ2v) is 8.85. The first kappa shape index (κ1) is 17.8. The average molecular weight is 422 g/mol. The van der Waals surface area contributed by atoms with E-state index in [0.717, 1.165) is 34.2 Å². The number of imidazole rings is 1. The number of anilines is 1. The number of nitrogens with one attached hydrogen (secondary N) is 1. The van der Waals surface area contributed by atoms with Crippen LogP contribution in [0, 0.1) is 6.92 Å². The maximum atomic E-state index is 12.8. The minimum absolute atomic E-state index is 0.114. The molecule has 7 nitrogen and oxygen atoms in total. The van der Waals surface area contributed by atoms with E-state index in [4.69, 9.17) is 0 Å². The minimum Gasteiger partial charge on any atom is -0.306 e. The molecule has 0 atom stereocenters. The minimum atomic E-state index is -3.78. The highest BCUT2D eigenvalue weighted by Gasteiger charge is 2.19. The molecule has 0 saturated heterocycles. The van der Waals surface area contributed by atoms with E-state index in [-0.39, 0.29) is 4.90 Å². The van der Waals surface area contributed by atoms with Crippen LogP contribution in [-0.4, -0.2) is 26.5 Å². The zero-order chi connectivity index (χ0) is 20.0. The number of fused-ring (bicyclic) bond motifs is 2. The summed E-state index contributed by atoms with van der Waals surface area (Å²) < 4.78 is 38.4. The first-order valence-electron chi connectivity index (χ1n) is 8.79. The van der Waals surface area contributed by atoms with Gasteiger partial charge in [-0.25, -0.2) is 13.4 Å². The monoisotopic (exact) mass is 421 g/mol. The second kappa shape index (κ2) is 6.64. The van der Waals surface area contributed by atoms with Gasteiger partial charge in [-0.1, -0.05) is 18.2 Å². The van der Waals surface area contributed by atoms with Crippen molar-refractivity contribution in [1.29, 1.82) is 0 Å². The largest absolute Gasteiger partial charge is 0.306 e. The van der Waals surface area contributed by atoms with Gasteiger partial charge in [0, 0.05) is 23.6 Å². The molecule has 144 valence electrons. The van der Waals surface area contributed by atoms with Gasteiger partial charge in [-0.15, -0.1) is 0 Å². The lowest BCUT2D eigenvalue weighted by atomic mass is 10.1. The molecule has 2 aromatic carbocycles. The van der Waals surface area contributed by atoms with Gasteiger partial charge >= 0.3 is 0 Å². The SMILES string of the molecule is Cc1ccn2cc(-c3ccc(NS(=O)(=O)c4cccc5nsnc45)cc3)nc2c1. The van der Waals surface area contributed by atoms with Gasteiger partial charge in [0.05, 0.1) is 17.4 Å². The molecule has 1 N–H and O–H groups in total. The molecule has 0 aliphatic carbocycles. The molecule has 0 saturated carbocycles. The summed E-state index contributed by atoms with van der Waals surface area (Å²) in [6.07, 6.45) is 3.92. The number of aromatic nitrogens is 4. The summed E-state index contributed by atoms with van der Waals surface area (Å²) in [5.74, 6) is 0. The number of hydrogen-bond acceptors (Lipinski definition) is 6. The quantitative estimate of drug-likeness (QED) is 0.472. The Morgan fingerprint density at radius 2 is 1.86 bits per heavy atom. The second-order valence-electron chi connectivity index (χ2n) is 6.67. The van der Waals surface area contributed by atoms with Crippen molar-refractivity contribution >= 4 is 44.1 Å². The molecular weight excluding hydrogens is 406 g/mol. The highest BCUT2D eigenvalue weighted by atomic mass is 32.2. The number of sulfonamides is 1. The lowest BCUT2D eigenvalue weighted by Gasteiger charge is -2.08. The number of hydrogen-bond donors (Lipinski definition) is 1. The van der Waals surface area contributed by atoms with Gasteiger partial charge in [0.25, 0.3) is 10.0 Å². The molecule has 0 aliphatic rings. The van der Waals surface area contributed by atoms with Crippen LogP contribution in [0.3, 0.4) is 0 Å². The normalized spacial score (nSPS) is 11.9. The van der Waals surface area contributed by atoms with Crippen LogP contribution in [0.5, 0.6) is 0 Å². The van der Waals surface area contributed by atoms with E-state index in [0.29, 0.717) is 16.7 Å².